The summed E-state index contributed by atoms with van der Waals surface area (Å²) >= 11 is 1.68. The highest BCUT2D eigenvalue weighted by Crippen LogP contribution is 2.31. The van der Waals surface area contributed by atoms with Gasteiger partial charge in [0.1, 0.15) is 5.58 Å². The fourth-order valence-corrected chi connectivity index (χ4v) is 3.34. The van der Waals surface area contributed by atoms with Crippen LogP contribution in [0.4, 0.5) is 0 Å². The zero-order chi connectivity index (χ0) is 14.4. The summed E-state index contributed by atoms with van der Waals surface area (Å²) in [5.74, 6) is 0. The van der Waals surface area contributed by atoms with Crippen LogP contribution in [0.3, 0.4) is 0 Å². The average Bonchev–Trinajstić information content (AvgIpc) is 3.00. The molecule has 102 valence electrons. The molecule has 0 bridgehead atoms. The van der Waals surface area contributed by atoms with E-state index >= 15 is 0 Å². The summed E-state index contributed by atoms with van der Waals surface area (Å²) in [6.45, 7) is 2.05. The molecule has 0 N–H and O–H groups in total. The molecule has 3 heterocycles. The van der Waals surface area contributed by atoms with Crippen LogP contribution in [0.25, 0.3) is 32.4 Å². The van der Waals surface area contributed by atoms with Gasteiger partial charge in [-0.25, -0.2) is 9.78 Å². The maximum Gasteiger partial charge on any atom is 0.336 e. The molecule has 3 aromatic heterocycles. The average molecular weight is 293 g/mol. The van der Waals surface area contributed by atoms with Crippen LogP contribution in [0.2, 0.25) is 0 Å². The predicted molar refractivity (Wildman–Crippen MR) is 85.8 cm³/mol. The molecule has 0 aliphatic carbocycles. The Morgan fingerprint density at radius 1 is 1.10 bits per heavy atom. The summed E-state index contributed by atoms with van der Waals surface area (Å²) < 4.78 is 5.23. The standard InChI is InChI=1S/C17H11NO2S/c1-10-9-12-11-4-7-16(19)20-14(11)6-5-13(12)18-17(10)15-3-2-8-21-15/h2-9H,1H3. The van der Waals surface area contributed by atoms with Crippen molar-refractivity contribution in [2.24, 2.45) is 0 Å². The van der Waals surface area contributed by atoms with Crippen LogP contribution in [-0.2, 0) is 0 Å². The minimum Gasteiger partial charge on any atom is -0.423 e. The van der Waals surface area contributed by atoms with Gasteiger partial charge in [-0.3, -0.25) is 0 Å². The summed E-state index contributed by atoms with van der Waals surface area (Å²) in [7, 11) is 0. The first kappa shape index (κ1) is 12.3. The van der Waals surface area contributed by atoms with Crippen molar-refractivity contribution >= 4 is 33.2 Å². The van der Waals surface area contributed by atoms with E-state index in [1.54, 1.807) is 23.5 Å². The minimum absolute atomic E-state index is 0.332. The van der Waals surface area contributed by atoms with E-state index in [-0.39, 0.29) is 5.63 Å². The molecule has 3 nitrogen and oxygen atoms in total. The molecule has 0 amide bonds. The third-order valence-corrected chi connectivity index (χ3v) is 4.42. The summed E-state index contributed by atoms with van der Waals surface area (Å²) in [6, 6.07) is 13.2. The number of nitrogens with zero attached hydrogens (tertiary/aromatic N) is 1. The zero-order valence-electron chi connectivity index (χ0n) is 11.3. The lowest BCUT2D eigenvalue weighted by atomic mass is 10.1. The lowest BCUT2D eigenvalue weighted by Crippen LogP contribution is -1.95. The van der Waals surface area contributed by atoms with E-state index in [1.807, 2.05) is 12.1 Å². The monoisotopic (exact) mass is 293 g/mol. The van der Waals surface area contributed by atoms with Gasteiger partial charge in [0.2, 0.25) is 0 Å². The number of hydrogen-bond donors (Lipinski definition) is 0. The fourth-order valence-electron chi connectivity index (χ4n) is 2.56. The first-order valence-corrected chi connectivity index (χ1v) is 7.48. The Kier molecular flexibility index (Phi) is 2.65. The van der Waals surface area contributed by atoms with Crippen molar-refractivity contribution in [3.05, 3.63) is 63.8 Å². The van der Waals surface area contributed by atoms with Crippen molar-refractivity contribution < 1.29 is 4.42 Å². The largest absolute Gasteiger partial charge is 0.423 e. The molecule has 4 aromatic rings. The van der Waals surface area contributed by atoms with Crippen LogP contribution in [-0.4, -0.2) is 4.98 Å². The normalized spacial score (nSPS) is 11.3. The molecule has 0 aliphatic heterocycles. The molecule has 21 heavy (non-hydrogen) atoms. The molecule has 0 saturated heterocycles. The summed E-state index contributed by atoms with van der Waals surface area (Å²) in [5, 5.41) is 3.98. The van der Waals surface area contributed by atoms with Crippen molar-refractivity contribution in [2.75, 3.05) is 0 Å². The summed E-state index contributed by atoms with van der Waals surface area (Å²) in [5.41, 5.74) is 3.30. The van der Waals surface area contributed by atoms with Crippen LogP contribution >= 0.6 is 11.3 Å². The first-order chi connectivity index (χ1) is 10.2. The molecule has 0 radical (unpaired) electrons. The van der Waals surface area contributed by atoms with Gasteiger partial charge in [0.25, 0.3) is 0 Å². The second-order valence-corrected chi connectivity index (χ2v) is 5.88. The summed E-state index contributed by atoms with van der Waals surface area (Å²) in [4.78, 5) is 17.3. The topological polar surface area (TPSA) is 43.1 Å². The van der Waals surface area contributed by atoms with Gasteiger partial charge in [0.15, 0.2) is 0 Å². The van der Waals surface area contributed by atoms with Gasteiger partial charge in [0, 0.05) is 16.8 Å². The Morgan fingerprint density at radius 2 is 2.00 bits per heavy atom. The van der Waals surface area contributed by atoms with E-state index in [1.165, 1.54) is 6.07 Å². The Morgan fingerprint density at radius 3 is 2.81 bits per heavy atom. The van der Waals surface area contributed by atoms with Gasteiger partial charge in [-0.15, -0.1) is 11.3 Å². The molecular formula is C17H11NO2S. The van der Waals surface area contributed by atoms with Crippen molar-refractivity contribution in [3.8, 4) is 10.6 Å². The molecular weight excluding hydrogens is 282 g/mol. The minimum atomic E-state index is -0.332. The van der Waals surface area contributed by atoms with Gasteiger partial charge in [-0.2, -0.15) is 0 Å². The van der Waals surface area contributed by atoms with Gasteiger partial charge >= 0.3 is 5.63 Å². The highest BCUT2D eigenvalue weighted by Gasteiger charge is 2.10. The maximum absolute atomic E-state index is 11.3. The van der Waals surface area contributed by atoms with E-state index in [0.717, 1.165) is 32.4 Å². The molecule has 0 saturated carbocycles. The number of rotatable bonds is 1. The number of pyridine rings is 1. The maximum atomic E-state index is 11.3. The van der Waals surface area contributed by atoms with Crippen LogP contribution < -0.4 is 5.63 Å². The van der Waals surface area contributed by atoms with E-state index < -0.39 is 0 Å². The van der Waals surface area contributed by atoms with Crippen LogP contribution in [0.15, 0.2) is 57.1 Å². The van der Waals surface area contributed by atoms with E-state index in [0.29, 0.717) is 5.58 Å². The Balaban J connectivity index is 2.08. The van der Waals surface area contributed by atoms with Crippen molar-refractivity contribution in [1.29, 1.82) is 0 Å². The van der Waals surface area contributed by atoms with Crippen LogP contribution in [0, 0.1) is 6.92 Å². The van der Waals surface area contributed by atoms with Gasteiger partial charge < -0.3 is 4.42 Å². The molecule has 0 aliphatic rings. The molecule has 4 heteroatoms. The third-order valence-electron chi connectivity index (χ3n) is 3.54. The first-order valence-electron chi connectivity index (χ1n) is 6.60. The van der Waals surface area contributed by atoms with E-state index in [9.17, 15) is 4.79 Å². The number of thiophene rings is 1. The molecule has 0 unspecified atom stereocenters. The molecule has 0 fully saturated rings. The summed E-state index contributed by atoms with van der Waals surface area (Å²) in [6.07, 6.45) is 0. The zero-order valence-corrected chi connectivity index (χ0v) is 12.1. The number of aromatic nitrogens is 1. The lowest BCUT2D eigenvalue weighted by molar-refractivity contribution is 0.561. The molecule has 1 aromatic carbocycles. The SMILES string of the molecule is Cc1cc2c(ccc3oc(=O)ccc32)nc1-c1cccs1. The number of hydrogen-bond acceptors (Lipinski definition) is 4. The molecule has 0 atom stereocenters. The Hall–Kier alpha value is -2.46. The fraction of sp³-hybridized carbons (Fsp3) is 0.0588. The number of aryl methyl sites for hydroxylation is 1. The molecule has 0 spiro atoms. The van der Waals surface area contributed by atoms with E-state index in [4.69, 9.17) is 9.40 Å². The smallest absolute Gasteiger partial charge is 0.336 e. The van der Waals surface area contributed by atoms with Crippen LogP contribution in [0.1, 0.15) is 5.56 Å². The highest BCUT2D eigenvalue weighted by atomic mass is 32.1. The number of benzene rings is 1. The third kappa shape index (κ3) is 1.96. The Labute approximate surface area is 124 Å². The van der Waals surface area contributed by atoms with Gasteiger partial charge in [-0.05, 0) is 48.2 Å². The highest BCUT2D eigenvalue weighted by molar-refractivity contribution is 7.13. The van der Waals surface area contributed by atoms with Gasteiger partial charge in [0.05, 0.1) is 16.1 Å². The lowest BCUT2D eigenvalue weighted by Gasteiger charge is -2.07. The van der Waals surface area contributed by atoms with E-state index in [2.05, 4.69) is 24.4 Å². The quantitative estimate of drug-likeness (QED) is 0.386. The second kappa shape index (κ2) is 4.53. The second-order valence-electron chi connectivity index (χ2n) is 4.93. The van der Waals surface area contributed by atoms with Crippen LogP contribution in [0.5, 0.6) is 0 Å². The Bertz CT molecular complexity index is 1020. The number of fused-ring (bicyclic) bond motifs is 3. The van der Waals surface area contributed by atoms with Gasteiger partial charge in [-0.1, -0.05) is 6.07 Å². The van der Waals surface area contributed by atoms with Crippen molar-refractivity contribution in [2.45, 2.75) is 6.92 Å². The van der Waals surface area contributed by atoms with Crippen molar-refractivity contribution in [3.63, 3.8) is 0 Å². The predicted octanol–water partition coefficient (Wildman–Crippen LogP) is 4.38. The van der Waals surface area contributed by atoms with Crippen molar-refractivity contribution in [1.82, 2.24) is 4.98 Å². The molecule has 4 rings (SSSR count).